The molecule has 0 bridgehead atoms. The monoisotopic (exact) mass is 351 g/mol. The highest BCUT2D eigenvalue weighted by Gasteiger charge is 2.48. The molecule has 8 heteroatoms. The number of hydrogen-bond donors (Lipinski definition) is 3. The number of ether oxygens (including phenoxy) is 1. The number of sulfonamides is 1. The van der Waals surface area contributed by atoms with Crippen LogP contribution >= 0.6 is 0 Å². The lowest BCUT2D eigenvalue weighted by atomic mass is 9.70. The molecule has 23 heavy (non-hydrogen) atoms. The van der Waals surface area contributed by atoms with Crippen LogP contribution in [0, 0.1) is 10.8 Å². The third-order valence-electron chi connectivity index (χ3n) is 4.47. The summed E-state index contributed by atoms with van der Waals surface area (Å²) in [5.41, 5.74) is -1.40. The number of rotatable bonds is 8. The van der Waals surface area contributed by atoms with E-state index < -0.39 is 45.6 Å². The molecule has 136 valence electrons. The Morgan fingerprint density at radius 3 is 2.26 bits per heavy atom. The van der Waals surface area contributed by atoms with Gasteiger partial charge in [0.25, 0.3) is 0 Å². The lowest BCUT2D eigenvalue weighted by molar-refractivity contribution is -0.156. The fraction of sp³-hybridized carbons (Fsp3) is 0.933. The third kappa shape index (κ3) is 5.41. The maximum absolute atomic E-state index is 12.3. The van der Waals surface area contributed by atoms with Gasteiger partial charge in [0.15, 0.2) is 0 Å². The molecular weight excluding hydrogens is 322 g/mol. The minimum absolute atomic E-state index is 0.102. The number of hydrogen-bond acceptors (Lipinski definition) is 6. The minimum atomic E-state index is -3.78. The van der Waals surface area contributed by atoms with Crippen LogP contribution in [-0.2, 0) is 19.6 Å². The third-order valence-corrected chi connectivity index (χ3v) is 6.09. The second-order valence-electron chi connectivity index (χ2n) is 7.50. The van der Waals surface area contributed by atoms with Gasteiger partial charge in [0, 0.05) is 6.04 Å². The number of aliphatic hydroxyl groups excluding tert-OH is 2. The van der Waals surface area contributed by atoms with Gasteiger partial charge in [0.1, 0.15) is 0 Å². The second-order valence-corrected chi connectivity index (χ2v) is 9.25. The maximum atomic E-state index is 12.3. The molecule has 0 aliphatic heterocycles. The zero-order valence-corrected chi connectivity index (χ0v) is 15.1. The van der Waals surface area contributed by atoms with Crippen LogP contribution in [0.2, 0.25) is 0 Å². The summed E-state index contributed by atoms with van der Waals surface area (Å²) in [6, 6.07) is -0.788. The molecule has 3 N–H and O–H groups in total. The second kappa shape index (κ2) is 7.46. The summed E-state index contributed by atoms with van der Waals surface area (Å²) in [7, 11) is -2.53. The Kier molecular flexibility index (Phi) is 6.60. The molecule has 1 fully saturated rings. The Balaban J connectivity index is 2.74. The van der Waals surface area contributed by atoms with Gasteiger partial charge in [-0.1, -0.05) is 27.2 Å². The largest absolute Gasteiger partial charge is 0.469 e. The standard InChI is InChI=1S/C15H29NO6S/c1-14(2,3)12(18)8-11(9-17)16-23(20,21)10-15(6-5-7-15)13(19)22-4/h11-12,16-18H,5-10H2,1-4H3/t11-,12+/m0/s1. The molecule has 0 spiro atoms. The van der Waals surface area contributed by atoms with Gasteiger partial charge in [-0.3, -0.25) is 4.79 Å². The van der Waals surface area contributed by atoms with E-state index in [1.54, 1.807) is 0 Å². The highest BCUT2D eigenvalue weighted by molar-refractivity contribution is 7.89. The Morgan fingerprint density at radius 2 is 1.91 bits per heavy atom. The molecule has 0 heterocycles. The van der Waals surface area contributed by atoms with Gasteiger partial charge in [0.05, 0.1) is 31.0 Å². The topological polar surface area (TPSA) is 113 Å². The van der Waals surface area contributed by atoms with Crippen molar-refractivity contribution < 1.29 is 28.2 Å². The molecule has 0 aromatic rings. The van der Waals surface area contributed by atoms with Crippen LogP contribution in [0.25, 0.3) is 0 Å². The maximum Gasteiger partial charge on any atom is 0.312 e. The zero-order valence-electron chi connectivity index (χ0n) is 14.3. The molecule has 2 atom stereocenters. The Bertz CT molecular complexity index is 507. The van der Waals surface area contributed by atoms with Crippen LogP contribution in [0.5, 0.6) is 0 Å². The molecule has 0 unspecified atom stereocenters. The first-order chi connectivity index (χ1) is 10.5. The van der Waals surface area contributed by atoms with Gasteiger partial charge in [-0.15, -0.1) is 0 Å². The Labute approximate surface area is 138 Å². The van der Waals surface area contributed by atoms with Crippen molar-refractivity contribution in [2.75, 3.05) is 19.5 Å². The van der Waals surface area contributed by atoms with Crippen molar-refractivity contribution >= 4 is 16.0 Å². The van der Waals surface area contributed by atoms with Crippen LogP contribution in [-0.4, -0.2) is 56.2 Å². The molecule has 0 saturated heterocycles. The zero-order chi connectivity index (χ0) is 17.9. The summed E-state index contributed by atoms with van der Waals surface area (Å²) in [5, 5.41) is 19.5. The molecule has 1 aliphatic rings. The van der Waals surface area contributed by atoms with Crippen molar-refractivity contribution in [3.63, 3.8) is 0 Å². The lowest BCUT2D eigenvalue weighted by Crippen LogP contribution is -2.50. The van der Waals surface area contributed by atoms with Crippen molar-refractivity contribution in [3.8, 4) is 0 Å². The van der Waals surface area contributed by atoms with E-state index in [9.17, 15) is 23.4 Å². The van der Waals surface area contributed by atoms with Crippen molar-refractivity contribution in [1.29, 1.82) is 0 Å². The average molecular weight is 351 g/mol. The summed E-state index contributed by atoms with van der Waals surface area (Å²) < 4.78 is 31.8. The van der Waals surface area contributed by atoms with Gasteiger partial charge < -0.3 is 14.9 Å². The van der Waals surface area contributed by atoms with E-state index in [1.165, 1.54) is 7.11 Å². The summed E-state index contributed by atoms with van der Waals surface area (Å²) in [4.78, 5) is 11.9. The van der Waals surface area contributed by atoms with E-state index in [-0.39, 0.29) is 12.2 Å². The van der Waals surface area contributed by atoms with Gasteiger partial charge in [-0.05, 0) is 24.7 Å². The van der Waals surface area contributed by atoms with Crippen LogP contribution in [0.15, 0.2) is 0 Å². The first kappa shape index (κ1) is 20.3. The van der Waals surface area contributed by atoms with E-state index in [2.05, 4.69) is 4.72 Å². The number of methoxy groups -OCH3 is 1. The van der Waals surface area contributed by atoms with Gasteiger partial charge in [0.2, 0.25) is 10.0 Å². The number of carbonyl (C=O) groups excluding carboxylic acids is 1. The quantitative estimate of drug-likeness (QED) is 0.546. The number of esters is 1. The molecule has 1 aliphatic carbocycles. The van der Waals surface area contributed by atoms with Crippen LogP contribution < -0.4 is 4.72 Å². The highest BCUT2D eigenvalue weighted by atomic mass is 32.2. The van der Waals surface area contributed by atoms with Crippen LogP contribution in [0.1, 0.15) is 46.5 Å². The molecule has 1 rings (SSSR count). The lowest BCUT2D eigenvalue weighted by Gasteiger charge is -2.38. The summed E-state index contributed by atoms with van der Waals surface area (Å²) in [6.45, 7) is 5.08. The molecular formula is C15H29NO6S. The molecule has 0 aromatic heterocycles. The Hall–Kier alpha value is -0.700. The van der Waals surface area contributed by atoms with E-state index in [1.807, 2.05) is 20.8 Å². The van der Waals surface area contributed by atoms with E-state index in [0.29, 0.717) is 12.8 Å². The molecule has 0 radical (unpaired) electrons. The van der Waals surface area contributed by atoms with E-state index in [4.69, 9.17) is 4.74 Å². The van der Waals surface area contributed by atoms with E-state index in [0.717, 1.165) is 6.42 Å². The van der Waals surface area contributed by atoms with Gasteiger partial charge in [-0.2, -0.15) is 0 Å². The molecule has 0 aromatic carbocycles. The van der Waals surface area contributed by atoms with Crippen molar-refractivity contribution in [2.24, 2.45) is 10.8 Å². The fourth-order valence-corrected chi connectivity index (χ4v) is 4.57. The van der Waals surface area contributed by atoms with Crippen molar-refractivity contribution in [1.82, 2.24) is 4.72 Å². The highest BCUT2D eigenvalue weighted by Crippen LogP contribution is 2.43. The smallest absolute Gasteiger partial charge is 0.312 e. The van der Waals surface area contributed by atoms with Gasteiger partial charge in [-0.25, -0.2) is 13.1 Å². The normalized spacial score (nSPS) is 20.4. The first-order valence-electron chi connectivity index (χ1n) is 7.83. The van der Waals surface area contributed by atoms with E-state index >= 15 is 0 Å². The summed E-state index contributed by atoms with van der Waals surface area (Å²) >= 11 is 0. The van der Waals surface area contributed by atoms with Crippen molar-refractivity contribution in [3.05, 3.63) is 0 Å². The summed E-state index contributed by atoms with van der Waals surface area (Å²) in [6.07, 6.45) is 1.09. The predicted molar refractivity (Wildman–Crippen MR) is 86.2 cm³/mol. The van der Waals surface area contributed by atoms with Gasteiger partial charge >= 0.3 is 5.97 Å². The fourth-order valence-electron chi connectivity index (χ4n) is 2.67. The first-order valence-corrected chi connectivity index (χ1v) is 9.48. The van der Waals surface area contributed by atoms with Crippen LogP contribution in [0.4, 0.5) is 0 Å². The van der Waals surface area contributed by atoms with Crippen LogP contribution in [0.3, 0.4) is 0 Å². The molecule has 0 amide bonds. The predicted octanol–water partition coefficient (Wildman–Crippen LogP) is 0.407. The number of carbonyl (C=O) groups is 1. The van der Waals surface area contributed by atoms with Crippen molar-refractivity contribution in [2.45, 2.75) is 58.6 Å². The molecule has 1 saturated carbocycles. The number of nitrogens with one attached hydrogen (secondary N) is 1. The Morgan fingerprint density at radius 1 is 1.35 bits per heavy atom. The average Bonchev–Trinajstić information content (AvgIpc) is 2.39. The molecule has 7 nitrogen and oxygen atoms in total. The SMILES string of the molecule is COC(=O)C1(CS(=O)(=O)N[C@H](CO)C[C@@H](O)C(C)(C)C)CCC1. The minimum Gasteiger partial charge on any atom is -0.469 e. The summed E-state index contributed by atoms with van der Waals surface area (Å²) in [5.74, 6) is -0.862. The number of aliphatic hydroxyl groups is 2.